The van der Waals surface area contributed by atoms with Gasteiger partial charge in [0, 0.05) is 22.3 Å². The van der Waals surface area contributed by atoms with E-state index in [1.165, 1.54) is 62.5 Å². The minimum Gasteiger partial charge on any atom is -0.496 e. The molecule has 2 aliphatic rings. The van der Waals surface area contributed by atoms with Crippen LogP contribution in [0.2, 0.25) is 0 Å². The van der Waals surface area contributed by atoms with E-state index >= 15 is 0 Å². The fourth-order valence-corrected chi connectivity index (χ4v) is 8.98. The summed E-state index contributed by atoms with van der Waals surface area (Å²) < 4.78 is 13.5. The van der Waals surface area contributed by atoms with E-state index in [4.69, 9.17) is 9.47 Å². The molecular weight excluding hydrogens is 697 g/mol. The molecule has 0 radical (unpaired) electrons. The predicted molar refractivity (Wildman–Crippen MR) is 225 cm³/mol. The molecule has 6 rings (SSSR count). The van der Waals surface area contributed by atoms with Crippen molar-refractivity contribution in [3.8, 4) is 11.5 Å². The van der Waals surface area contributed by atoms with Crippen LogP contribution in [0.15, 0.2) is 109 Å². The molecule has 0 saturated carbocycles. The molecule has 0 aliphatic carbocycles. The molecule has 4 aromatic carbocycles. The molecule has 2 heterocycles. The van der Waals surface area contributed by atoms with Gasteiger partial charge in [-0.2, -0.15) is 0 Å². The van der Waals surface area contributed by atoms with Gasteiger partial charge >= 0.3 is 0 Å². The summed E-state index contributed by atoms with van der Waals surface area (Å²) in [6.07, 6.45) is 10.0. The van der Waals surface area contributed by atoms with Gasteiger partial charge < -0.3 is 28.2 Å². The van der Waals surface area contributed by atoms with Crippen molar-refractivity contribution in [2.24, 2.45) is 0 Å². The Morgan fingerprint density at radius 2 is 0.786 bits per heavy atom. The Balaban J connectivity index is 0.948. The van der Waals surface area contributed by atoms with Crippen molar-refractivity contribution in [1.82, 2.24) is 9.80 Å². The van der Waals surface area contributed by atoms with E-state index in [0.29, 0.717) is 0 Å². The first-order chi connectivity index (χ1) is 27.4. The van der Waals surface area contributed by atoms with Crippen LogP contribution in [-0.4, -0.2) is 110 Å². The van der Waals surface area contributed by atoms with Crippen molar-refractivity contribution >= 4 is 11.8 Å². The molecule has 2 amide bonds. The molecular formula is C48H64N4O4+2. The van der Waals surface area contributed by atoms with E-state index in [2.05, 4.69) is 36.4 Å². The summed E-state index contributed by atoms with van der Waals surface area (Å²) in [7, 11) is 3.53. The van der Waals surface area contributed by atoms with Crippen LogP contribution in [0.5, 0.6) is 11.5 Å². The van der Waals surface area contributed by atoms with Crippen LogP contribution < -0.4 is 9.47 Å². The zero-order chi connectivity index (χ0) is 39.1. The third-order valence-corrected chi connectivity index (χ3v) is 12.4. The molecule has 2 saturated heterocycles. The first-order valence-electron chi connectivity index (χ1n) is 21.1. The van der Waals surface area contributed by atoms with Gasteiger partial charge in [0.05, 0.1) is 79.7 Å². The number of quaternary nitrogens is 2. The van der Waals surface area contributed by atoms with Crippen LogP contribution >= 0.6 is 0 Å². The van der Waals surface area contributed by atoms with E-state index in [0.717, 1.165) is 110 Å². The summed E-state index contributed by atoms with van der Waals surface area (Å²) in [4.78, 5) is 30.6. The third-order valence-electron chi connectivity index (χ3n) is 12.4. The Morgan fingerprint density at radius 3 is 1.14 bits per heavy atom. The molecule has 0 atom stereocenters. The maximum atomic E-state index is 13.2. The number of nitrogens with zero attached hydrogens (tertiary/aromatic N) is 4. The van der Waals surface area contributed by atoms with Crippen molar-refractivity contribution in [3.05, 3.63) is 131 Å². The Kier molecular flexibility index (Phi) is 15.0. The van der Waals surface area contributed by atoms with Gasteiger partial charge in [0.2, 0.25) is 0 Å². The molecule has 8 heteroatoms. The predicted octanol–water partition coefficient (Wildman–Crippen LogP) is 8.47. The van der Waals surface area contributed by atoms with Gasteiger partial charge in [-0.25, -0.2) is 0 Å². The molecule has 8 nitrogen and oxygen atoms in total. The standard InChI is InChI=1S/C48H64N4O4/c1-55-45-27-17-15-25-43(45)39-51(35-29-49(30-36-51)47(53)41-21-11-9-12-22-41)33-19-7-5-3-4-6-8-20-34-52(40-44-26-16-18-28-46(44)56-2)37-31-50(32-38-52)48(54)42-23-13-10-14-24-42/h9-18,21-28H,3-8,19-20,29-40H2,1-2H3/q+2. The van der Waals surface area contributed by atoms with Crippen LogP contribution in [0, 0.1) is 0 Å². The van der Waals surface area contributed by atoms with Crippen LogP contribution in [0.1, 0.15) is 83.2 Å². The summed E-state index contributed by atoms with van der Waals surface area (Å²) in [5.41, 5.74) is 4.07. The van der Waals surface area contributed by atoms with Crippen LogP contribution in [0.25, 0.3) is 0 Å². The number of piperazine rings is 2. The van der Waals surface area contributed by atoms with Gasteiger partial charge in [-0.05, 0) is 74.2 Å². The highest BCUT2D eigenvalue weighted by Gasteiger charge is 2.37. The van der Waals surface area contributed by atoms with E-state index < -0.39 is 0 Å². The highest BCUT2D eigenvalue weighted by Crippen LogP contribution is 2.29. The number of hydrogen-bond acceptors (Lipinski definition) is 4. The van der Waals surface area contributed by atoms with Crippen molar-refractivity contribution in [3.63, 3.8) is 0 Å². The zero-order valence-electron chi connectivity index (χ0n) is 34.0. The van der Waals surface area contributed by atoms with Gasteiger partial charge in [-0.1, -0.05) is 86.3 Å². The molecule has 4 aromatic rings. The number of benzene rings is 4. The normalized spacial score (nSPS) is 16.3. The lowest BCUT2D eigenvalue weighted by molar-refractivity contribution is -0.944. The number of hydrogen-bond donors (Lipinski definition) is 0. The number of unbranched alkanes of at least 4 members (excludes halogenated alkanes) is 7. The zero-order valence-corrected chi connectivity index (χ0v) is 34.0. The lowest BCUT2D eigenvalue weighted by atomic mass is 10.0. The summed E-state index contributed by atoms with van der Waals surface area (Å²) >= 11 is 0. The number of ether oxygens (including phenoxy) is 2. The van der Waals surface area contributed by atoms with Gasteiger partial charge in [-0.3, -0.25) is 9.59 Å². The van der Waals surface area contributed by atoms with E-state index in [-0.39, 0.29) is 11.8 Å². The second-order valence-corrected chi connectivity index (χ2v) is 16.1. The Morgan fingerprint density at radius 1 is 0.464 bits per heavy atom. The summed E-state index contributed by atoms with van der Waals surface area (Å²) in [6, 6.07) is 36.3. The third kappa shape index (κ3) is 11.0. The SMILES string of the molecule is COc1ccccc1C[N+]1(CCCCCCCCCC[N+]2(Cc3ccccc3OC)CCN(C(=O)c3ccccc3)CC2)CCN(C(=O)c2ccccc2)CC1. The van der Waals surface area contributed by atoms with Gasteiger partial charge in [0.1, 0.15) is 24.6 Å². The van der Waals surface area contributed by atoms with Gasteiger partial charge in [0.25, 0.3) is 11.8 Å². The Labute approximate surface area is 335 Å². The molecule has 0 spiro atoms. The minimum absolute atomic E-state index is 0.145. The van der Waals surface area contributed by atoms with Crippen molar-refractivity contribution in [1.29, 1.82) is 0 Å². The maximum absolute atomic E-state index is 13.2. The number of amides is 2. The smallest absolute Gasteiger partial charge is 0.254 e. The van der Waals surface area contributed by atoms with Gasteiger partial charge in [0.15, 0.2) is 0 Å². The Bertz CT molecular complexity index is 1670. The second kappa shape index (κ2) is 20.5. The summed E-state index contributed by atoms with van der Waals surface area (Å²) in [6.45, 7) is 11.1. The van der Waals surface area contributed by atoms with Crippen LogP contribution in [0.4, 0.5) is 0 Å². The number of para-hydroxylation sites is 2. The highest BCUT2D eigenvalue weighted by molar-refractivity contribution is 5.94. The number of carbonyl (C=O) groups excluding carboxylic acids is 2. The van der Waals surface area contributed by atoms with Crippen molar-refractivity contribution in [2.75, 3.05) is 79.7 Å². The quantitative estimate of drug-likeness (QED) is 0.0711. The summed E-state index contributed by atoms with van der Waals surface area (Å²) in [5, 5.41) is 0. The molecule has 2 fully saturated rings. The topological polar surface area (TPSA) is 59.1 Å². The van der Waals surface area contributed by atoms with E-state index in [1.807, 2.05) is 82.6 Å². The number of methoxy groups -OCH3 is 2. The first-order valence-corrected chi connectivity index (χ1v) is 21.1. The molecule has 2 aliphatic heterocycles. The second-order valence-electron chi connectivity index (χ2n) is 16.1. The molecule has 56 heavy (non-hydrogen) atoms. The fraction of sp³-hybridized carbons (Fsp3) is 0.458. The van der Waals surface area contributed by atoms with Crippen molar-refractivity contribution < 1.29 is 28.0 Å². The van der Waals surface area contributed by atoms with Crippen LogP contribution in [0.3, 0.4) is 0 Å². The molecule has 0 aromatic heterocycles. The van der Waals surface area contributed by atoms with Crippen molar-refractivity contribution in [2.45, 2.75) is 64.5 Å². The Hall–Kier alpha value is -4.66. The molecule has 0 bridgehead atoms. The molecule has 298 valence electrons. The first kappa shape index (κ1) is 41.0. The van der Waals surface area contributed by atoms with E-state index in [9.17, 15) is 9.59 Å². The number of carbonyl (C=O) groups is 2. The van der Waals surface area contributed by atoms with Gasteiger partial charge in [-0.15, -0.1) is 0 Å². The fourth-order valence-electron chi connectivity index (χ4n) is 8.98. The average Bonchev–Trinajstić information content (AvgIpc) is 3.25. The largest absolute Gasteiger partial charge is 0.496 e. The maximum Gasteiger partial charge on any atom is 0.254 e. The highest BCUT2D eigenvalue weighted by atomic mass is 16.5. The molecule has 0 N–H and O–H groups in total. The minimum atomic E-state index is 0.145. The lowest BCUT2D eigenvalue weighted by Gasteiger charge is -2.45. The summed E-state index contributed by atoms with van der Waals surface area (Å²) in [5.74, 6) is 2.21. The average molecular weight is 761 g/mol. The van der Waals surface area contributed by atoms with Crippen LogP contribution in [-0.2, 0) is 13.1 Å². The monoisotopic (exact) mass is 760 g/mol. The van der Waals surface area contributed by atoms with E-state index in [1.54, 1.807) is 14.2 Å². The lowest BCUT2D eigenvalue weighted by Crippen LogP contribution is -2.60. The number of rotatable bonds is 19. The molecule has 0 unspecified atom stereocenters.